The number of aromatic nitrogens is 2. The van der Waals surface area contributed by atoms with Crippen molar-refractivity contribution in [1.82, 2.24) is 9.55 Å². The quantitative estimate of drug-likeness (QED) is 0.620. The predicted octanol–water partition coefficient (Wildman–Crippen LogP) is 3.43. The Balaban J connectivity index is 2.26. The Morgan fingerprint density at radius 3 is 2.24 bits per heavy atom. The highest BCUT2D eigenvalue weighted by Gasteiger charge is 2.17. The molecule has 1 aromatic carbocycles. The van der Waals surface area contributed by atoms with Crippen LogP contribution in [-0.4, -0.2) is 22.8 Å². The van der Waals surface area contributed by atoms with E-state index in [9.17, 15) is 0 Å². The fourth-order valence-corrected chi connectivity index (χ4v) is 2.53. The number of nitrogens with zero attached hydrogens (tertiary/aromatic N) is 4. The van der Waals surface area contributed by atoms with Crippen molar-refractivity contribution in [3.8, 4) is 23.5 Å². The maximum absolute atomic E-state index is 8.64. The van der Waals surface area contributed by atoms with Crippen LogP contribution in [0.3, 0.4) is 0 Å². The van der Waals surface area contributed by atoms with Gasteiger partial charge in [0.15, 0.2) is 0 Å². The lowest BCUT2D eigenvalue weighted by atomic mass is 10.2. The monoisotopic (exact) mass is 338 g/mol. The molecule has 130 valence electrons. The summed E-state index contributed by atoms with van der Waals surface area (Å²) in [7, 11) is 0. The average molecular weight is 338 g/mol. The summed E-state index contributed by atoms with van der Waals surface area (Å²) in [5, 5.41) is 17.3. The van der Waals surface area contributed by atoms with Gasteiger partial charge in [0.05, 0.1) is 62.8 Å². The van der Waals surface area contributed by atoms with Gasteiger partial charge in [0, 0.05) is 12.1 Å². The molecule has 6 heteroatoms. The summed E-state index contributed by atoms with van der Waals surface area (Å²) in [6.45, 7) is 4.31. The number of nitriles is 2. The highest BCUT2D eigenvalue weighted by molar-refractivity contribution is 5.56. The lowest BCUT2D eigenvalue weighted by Crippen LogP contribution is -2.08. The summed E-state index contributed by atoms with van der Waals surface area (Å²) in [5.74, 6) is 0.876. The van der Waals surface area contributed by atoms with E-state index in [0.717, 1.165) is 29.3 Å². The number of benzene rings is 1. The first-order valence-corrected chi connectivity index (χ1v) is 8.34. The third-order valence-electron chi connectivity index (χ3n) is 3.70. The number of rotatable bonds is 10. The van der Waals surface area contributed by atoms with E-state index in [-0.39, 0.29) is 0 Å². The maximum atomic E-state index is 8.64. The van der Waals surface area contributed by atoms with E-state index in [1.165, 1.54) is 0 Å². The molecular formula is C19H22N4O2. The fraction of sp³-hybridized carbons (Fsp3) is 0.421. The molecule has 0 N–H and O–H groups in total. The number of hydrogen-bond acceptors (Lipinski definition) is 5. The summed E-state index contributed by atoms with van der Waals surface area (Å²) in [6.07, 6.45) is 0.716. The second kappa shape index (κ2) is 10.2. The molecular weight excluding hydrogens is 316 g/mol. The van der Waals surface area contributed by atoms with Crippen LogP contribution in [0.25, 0.3) is 11.4 Å². The van der Waals surface area contributed by atoms with Gasteiger partial charge in [0.1, 0.15) is 5.82 Å². The van der Waals surface area contributed by atoms with Crippen LogP contribution in [-0.2, 0) is 29.2 Å². The van der Waals surface area contributed by atoms with E-state index < -0.39 is 0 Å². The van der Waals surface area contributed by atoms with Crippen LogP contribution >= 0.6 is 0 Å². The van der Waals surface area contributed by atoms with Crippen molar-refractivity contribution in [2.24, 2.45) is 0 Å². The Hall–Kier alpha value is -2.67. The number of imidazole rings is 1. The zero-order chi connectivity index (χ0) is 17.9. The molecule has 0 aliphatic rings. The van der Waals surface area contributed by atoms with Crippen molar-refractivity contribution in [2.45, 2.75) is 39.5 Å². The molecule has 1 aromatic heterocycles. The van der Waals surface area contributed by atoms with Crippen molar-refractivity contribution in [2.75, 3.05) is 13.2 Å². The Bertz CT molecular complexity index is 741. The van der Waals surface area contributed by atoms with Crippen molar-refractivity contribution < 1.29 is 9.47 Å². The highest BCUT2D eigenvalue weighted by Crippen LogP contribution is 2.24. The van der Waals surface area contributed by atoms with E-state index in [1.54, 1.807) is 0 Å². The minimum absolute atomic E-state index is 0.339. The number of hydrogen-bond donors (Lipinski definition) is 0. The molecule has 2 aromatic rings. The van der Waals surface area contributed by atoms with Gasteiger partial charge in [-0.1, -0.05) is 30.3 Å². The molecule has 0 saturated heterocycles. The molecule has 0 atom stereocenters. The minimum Gasteiger partial charge on any atom is -0.374 e. The summed E-state index contributed by atoms with van der Waals surface area (Å²) in [4.78, 5) is 4.76. The van der Waals surface area contributed by atoms with Gasteiger partial charge in [0.25, 0.3) is 0 Å². The first-order valence-electron chi connectivity index (χ1n) is 8.34. The van der Waals surface area contributed by atoms with Crippen molar-refractivity contribution in [3.05, 3.63) is 41.7 Å². The first-order chi connectivity index (χ1) is 12.3. The summed E-state index contributed by atoms with van der Waals surface area (Å²) < 4.78 is 13.3. The molecule has 1 heterocycles. The minimum atomic E-state index is 0.339. The summed E-state index contributed by atoms with van der Waals surface area (Å²) >= 11 is 0. The average Bonchev–Trinajstić information content (AvgIpc) is 3.00. The largest absolute Gasteiger partial charge is 0.374 e. The molecule has 2 rings (SSSR count). The topological polar surface area (TPSA) is 83.9 Å². The van der Waals surface area contributed by atoms with Gasteiger partial charge < -0.3 is 14.0 Å². The predicted molar refractivity (Wildman–Crippen MR) is 93.1 cm³/mol. The summed E-state index contributed by atoms with van der Waals surface area (Å²) in [6, 6.07) is 14.1. The van der Waals surface area contributed by atoms with E-state index in [1.807, 2.05) is 30.3 Å². The van der Waals surface area contributed by atoms with Crippen LogP contribution in [0.2, 0.25) is 0 Å². The lowest BCUT2D eigenvalue weighted by Gasteiger charge is -2.11. The van der Waals surface area contributed by atoms with E-state index in [4.69, 9.17) is 25.0 Å². The molecule has 0 saturated carbocycles. The van der Waals surface area contributed by atoms with Crippen LogP contribution in [0.4, 0.5) is 0 Å². The Morgan fingerprint density at radius 1 is 1.00 bits per heavy atom. The van der Waals surface area contributed by atoms with E-state index in [0.29, 0.717) is 39.3 Å². The Labute approximate surface area is 148 Å². The molecule has 6 nitrogen and oxygen atoms in total. The van der Waals surface area contributed by atoms with Crippen LogP contribution in [0.15, 0.2) is 30.3 Å². The van der Waals surface area contributed by atoms with Crippen LogP contribution in [0.5, 0.6) is 0 Å². The third kappa shape index (κ3) is 5.15. The third-order valence-corrected chi connectivity index (χ3v) is 3.70. The van der Waals surface area contributed by atoms with Crippen LogP contribution in [0, 0.1) is 22.7 Å². The van der Waals surface area contributed by atoms with Gasteiger partial charge in [-0.3, -0.25) is 0 Å². The van der Waals surface area contributed by atoms with Crippen molar-refractivity contribution in [3.63, 3.8) is 0 Å². The van der Waals surface area contributed by atoms with Gasteiger partial charge in [-0.15, -0.1) is 0 Å². The van der Waals surface area contributed by atoms with Gasteiger partial charge in [0.2, 0.25) is 0 Å². The number of ether oxygens (including phenoxy) is 2. The van der Waals surface area contributed by atoms with Crippen LogP contribution in [0.1, 0.15) is 31.2 Å². The van der Waals surface area contributed by atoms with Crippen molar-refractivity contribution >= 4 is 0 Å². The van der Waals surface area contributed by atoms with Gasteiger partial charge in [-0.25, -0.2) is 4.98 Å². The molecule has 25 heavy (non-hydrogen) atoms. The van der Waals surface area contributed by atoms with Gasteiger partial charge in [-0.05, 0) is 6.92 Å². The standard InChI is InChI=1S/C19H22N4O2/c1-2-23-18(15-25-13-7-11-21)17(14-24-12-6-10-20)22-19(23)16-8-4-3-5-9-16/h3-5,8-9H,2,6-7,12-15H2,1H3. The normalized spacial score (nSPS) is 10.4. The van der Waals surface area contributed by atoms with Crippen LogP contribution < -0.4 is 0 Å². The zero-order valence-electron chi connectivity index (χ0n) is 14.4. The molecule has 0 unspecified atom stereocenters. The maximum Gasteiger partial charge on any atom is 0.140 e. The Kier molecular flexibility index (Phi) is 7.65. The Morgan fingerprint density at radius 2 is 1.64 bits per heavy atom. The lowest BCUT2D eigenvalue weighted by molar-refractivity contribution is 0.107. The first kappa shape index (κ1) is 18.7. The SMILES string of the molecule is CCn1c(-c2ccccc2)nc(COCCC#N)c1COCCC#N. The van der Waals surface area contributed by atoms with Crippen molar-refractivity contribution in [1.29, 1.82) is 10.5 Å². The molecule has 0 fully saturated rings. The van der Waals surface area contributed by atoms with E-state index in [2.05, 4.69) is 23.6 Å². The fourth-order valence-electron chi connectivity index (χ4n) is 2.53. The van der Waals surface area contributed by atoms with Gasteiger partial charge in [-0.2, -0.15) is 10.5 Å². The molecule has 0 aliphatic heterocycles. The molecule has 0 aliphatic carbocycles. The molecule has 0 bridgehead atoms. The molecule has 0 spiro atoms. The zero-order valence-corrected chi connectivity index (χ0v) is 14.4. The second-order valence-electron chi connectivity index (χ2n) is 5.36. The second-order valence-corrected chi connectivity index (χ2v) is 5.36. The molecule has 0 radical (unpaired) electrons. The van der Waals surface area contributed by atoms with Gasteiger partial charge >= 0.3 is 0 Å². The van der Waals surface area contributed by atoms with E-state index >= 15 is 0 Å². The smallest absolute Gasteiger partial charge is 0.140 e. The highest BCUT2D eigenvalue weighted by atomic mass is 16.5. The molecule has 0 amide bonds. The summed E-state index contributed by atoms with van der Waals surface area (Å²) in [5.41, 5.74) is 2.80.